The lowest BCUT2D eigenvalue weighted by molar-refractivity contribution is -0.128. The van der Waals surface area contributed by atoms with Gasteiger partial charge in [-0.2, -0.15) is 8.78 Å². The number of nitrogens with zero attached hydrogens (tertiary/aromatic N) is 1. The molecule has 168 valence electrons. The number of piperidine rings is 1. The number of carbonyl (C=O) groups excluding carboxylic acids is 3. The van der Waals surface area contributed by atoms with Crippen molar-refractivity contribution in [3.63, 3.8) is 0 Å². The van der Waals surface area contributed by atoms with Crippen LogP contribution < -0.4 is 20.3 Å². The van der Waals surface area contributed by atoms with Crippen molar-refractivity contribution in [2.24, 2.45) is 0 Å². The molecule has 1 atom stereocenters. The number of anilines is 2. The Hall–Kier alpha value is -3.75. The zero-order valence-electron chi connectivity index (χ0n) is 17.2. The van der Waals surface area contributed by atoms with Gasteiger partial charge in [0.05, 0.1) is 6.42 Å². The molecule has 0 aliphatic carbocycles. The van der Waals surface area contributed by atoms with Gasteiger partial charge in [0.25, 0.3) is 0 Å². The fraction of sp³-hybridized carbons (Fsp3) is 0.261. The smallest absolute Gasteiger partial charge is 0.387 e. The molecule has 1 aliphatic heterocycles. The number of hydrogen-bond acceptors (Lipinski definition) is 4. The van der Waals surface area contributed by atoms with Crippen LogP contribution in [-0.4, -0.2) is 36.9 Å². The Morgan fingerprint density at radius 2 is 1.97 bits per heavy atom. The Kier molecular flexibility index (Phi) is 7.54. The van der Waals surface area contributed by atoms with Crippen molar-refractivity contribution < 1.29 is 27.9 Å². The third-order valence-electron chi connectivity index (χ3n) is 4.89. The van der Waals surface area contributed by atoms with E-state index >= 15 is 0 Å². The molecule has 2 aromatic rings. The second-order valence-electron chi connectivity index (χ2n) is 7.20. The van der Waals surface area contributed by atoms with Crippen molar-refractivity contribution in [1.82, 2.24) is 5.32 Å². The molecule has 0 aromatic heterocycles. The lowest BCUT2D eigenvalue weighted by atomic mass is 10.0. The van der Waals surface area contributed by atoms with Gasteiger partial charge in [-0.25, -0.2) is 0 Å². The van der Waals surface area contributed by atoms with Crippen molar-refractivity contribution in [2.75, 3.05) is 16.8 Å². The van der Waals surface area contributed by atoms with Crippen LogP contribution in [0.3, 0.4) is 0 Å². The van der Waals surface area contributed by atoms with E-state index in [1.807, 2.05) is 0 Å². The van der Waals surface area contributed by atoms with E-state index in [0.717, 1.165) is 6.08 Å². The summed E-state index contributed by atoms with van der Waals surface area (Å²) in [6.07, 6.45) is 2.37. The lowest BCUT2D eigenvalue weighted by Gasteiger charge is -2.32. The van der Waals surface area contributed by atoms with Gasteiger partial charge in [0.2, 0.25) is 17.7 Å². The normalized spacial score (nSPS) is 15.9. The molecule has 7 nitrogen and oxygen atoms in total. The van der Waals surface area contributed by atoms with E-state index in [1.54, 1.807) is 24.3 Å². The van der Waals surface area contributed by atoms with E-state index in [4.69, 9.17) is 0 Å². The first-order chi connectivity index (χ1) is 15.4. The van der Waals surface area contributed by atoms with Crippen LogP contribution in [0.2, 0.25) is 0 Å². The van der Waals surface area contributed by atoms with E-state index in [0.29, 0.717) is 36.3 Å². The first-order valence-corrected chi connectivity index (χ1v) is 10.0. The van der Waals surface area contributed by atoms with Gasteiger partial charge >= 0.3 is 6.61 Å². The molecular weight excluding hydrogens is 420 g/mol. The van der Waals surface area contributed by atoms with E-state index in [-0.39, 0.29) is 29.9 Å². The number of carbonyl (C=O) groups is 3. The summed E-state index contributed by atoms with van der Waals surface area (Å²) in [4.78, 5) is 38.4. The second-order valence-corrected chi connectivity index (χ2v) is 7.20. The van der Waals surface area contributed by atoms with Gasteiger partial charge < -0.3 is 20.3 Å². The van der Waals surface area contributed by atoms with Crippen molar-refractivity contribution >= 4 is 29.1 Å². The Bertz CT molecular complexity index is 995. The molecule has 1 fully saturated rings. The Labute approximate surface area is 184 Å². The standard InChI is InChI=1S/C23H23F2N3O4/c1-2-20(29)26-16-6-3-5-15(13-16)14-21(30)27-19-7-4-12-28(22(19)31)17-8-10-18(11-9-17)32-23(24)25/h2-3,5-6,8-11,13,19,23H,1,4,7,12,14H2,(H,26,29)(H,27,30). The molecular formula is C23H23F2N3O4. The van der Waals surface area contributed by atoms with Crippen LogP contribution in [0.1, 0.15) is 18.4 Å². The molecule has 1 unspecified atom stereocenters. The Morgan fingerprint density at radius 3 is 2.66 bits per heavy atom. The fourth-order valence-electron chi connectivity index (χ4n) is 3.46. The molecule has 1 saturated heterocycles. The van der Waals surface area contributed by atoms with Gasteiger partial charge in [-0.05, 0) is 60.9 Å². The fourth-order valence-corrected chi connectivity index (χ4v) is 3.46. The SMILES string of the molecule is C=CC(=O)Nc1cccc(CC(=O)NC2CCCN(c3ccc(OC(F)F)cc3)C2=O)c1. The molecule has 0 saturated carbocycles. The summed E-state index contributed by atoms with van der Waals surface area (Å²) in [5.74, 6) is -0.935. The molecule has 9 heteroatoms. The van der Waals surface area contributed by atoms with E-state index in [2.05, 4.69) is 21.9 Å². The average molecular weight is 443 g/mol. The quantitative estimate of drug-likeness (QED) is 0.613. The van der Waals surface area contributed by atoms with Crippen LogP contribution >= 0.6 is 0 Å². The maximum atomic E-state index is 12.9. The minimum atomic E-state index is -2.92. The van der Waals surface area contributed by atoms with Crippen molar-refractivity contribution in [1.29, 1.82) is 0 Å². The molecule has 0 spiro atoms. The van der Waals surface area contributed by atoms with E-state index in [1.165, 1.54) is 29.2 Å². The third-order valence-corrected chi connectivity index (χ3v) is 4.89. The maximum absolute atomic E-state index is 12.9. The highest BCUT2D eigenvalue weighted by Gasteiger charge is 2.30. The topological polar surface area (TPSA) is 87.7 Å². The number of amides is 3. The summed E-state index contributed by atoms with van der Waals surface area (Å²) in [5.41, 5.74) is 1.76. The summed E-state index contributed by atoms with van der Waals surface area (Å²) < 4.78 is 29.0. The van der Waals surface area contributed by atoms with Gasteiger partial charge in [-0.3, -0.25) is 14.4 Å². The summed E-state index contributed by atoms with van der Waals surface area (Å²) >= 11 is 0. The van der Waals surface area contributed by atoms with Crippen molar-refractivity contribution in [3.8, 4) is 5.75 Å². The highest BCUT2D eigenvalue weighted by molar-refractivity contribution is 6.00. The molecule has 1 aliphatic rings. The molecule has 3 amide bonds. The van der Waals surface area contributed by atoms with Crippen LogP contribution in [0.25, 0.3) is 0 Å². The average Bonchev–Trinajstić information content (AvgIpc) is 2.75. The van der Waals surface area contributed by atoms with Crippen LogP contribution in [0.15, 0.2) is 61.2 Å². The van der Waals surface area contributed by atoms with Gasteiger partial charge in [0.15, 0.2) is 0 Å². The largest absolute Gasteiger partial charge is 0.435 e. The number of alkyl halides is 2. The minimum Gasteiger partial charge on any atom is -0.435 e. The molecule has 0 radical (unpaired) electrons. The number of nitrogens with one attached hydrogen (secondary N) is 2. The monoisotopic (exact) mass is 443 g/mol. The molecule has 0 bridgehead atoms. The summed E-state index contributed by atoms with van der Waals surface area (Å²) in [6.45, 7) is 0.938. The zero-order valence-corrected chi connectivity index (χ0v) is 17.2. The zero-order chi connectivity index (χ0) is 23.1. The summed E-state index contributed by atoms with van der Waals surface area (Å²) in [5, 5.41) is 5.40. The van der Waals surface area contributed by atoms with Gasteiger partial charge in [0.1, 0.15) is 11.8 Å². The van der Waals surface area contributed by atoms with Crippen LogP contribution in [0.4, 0.5) is 20.2 Å². The summed E-state index contributed by atoms with van der Waals surface area (Å²) in [7, 11) is 0. The number of benzene rings is 2. The van der Waals surface area contributed by atoms with Gasteiger partial charge in [0, 0.05) is 17.9 Å². The highest BCUT2D eigenvalue weighted by Crippen LogP contribution is 2.24. The number of halogens is 2. The predicted octanol–water partition coefficient (Wildman–Crippen LogP) is 3.27. The van der Waals surface area contributed by atoms with Gasteiger partial charge in [-0.1, -0.05) is 18.7 Å². The maximum Gasteiger partial charge on any atom is 0.387 e. The lowest BCUT2D eigenvalue weighted by Crippen LogP contribution is -2.52. The second kappa shape index (κ2) is 10.5. The first-order valence-electron chi connectivity index (χ1n) is 10.0. The number of ether oxygens (including phenoxy) is 1. The van der Waals surface area contributed by atoms with Crippen molar-refractivity contribution in [2.45, 2.75) is 31.9 Å². The van der Waals surface area contributed by atoms with E-state index < -0.39 is 12.7 Å². The van der Waals surface area contributed by atoms with E-state index in [9.17, 15) is 23.2 Å². The molecule has 32 heavy (non-hydrogen) atoms. The van der Waals surface area contributed by atoms with Crippen LogP contribution in [0.5, 0.6) is 5.75 Å². The molecule has 2 N–H and O–H groups in total. The molecule has 1 heterocycles. The molecule has 3 rings (SSSR count). The minimum absolute atomic E-state index is 0.00423. The number of rotatable bonds is 8. The highest BCUT2D eigenvalue weighted by atomic mass is 19.3. The van der Waals surface area contributed by atoms with Gasteiger partial charge in [-0.15, -0.1) is 0 Å². The third kappa shape index (κ3) is 6.13. The Morgan fingerprint density at radius 1 is 1.22 bits per heavy atom. The number of hydrogen-bond donors (Lipinski definition) is 2. The summed E-state index contributed by atoms with van der Waals surface area (Å²) in [6, 6.07) is 12.0. The Balaban J connectivity index is 1.60. The van der Waals surface area contributed by atoms with Crippen molar-refractivity contribution in [3.05, 3.63) is 66.7 Å². The van der Waals surface area contributed by atoms with Crippen LogP contribution in [-0.2, 0) is 20.8 Å². The predicted molar refractivity (Wildman–Crippen MR) is 116 cm³/mol. The first kappa shape index (κ1) is 22.9. The van der Waals surface area contributed by atoms with Crippen LogP contribution in [0, 0.1) is 0 Å². The molecule has 2 aromatic carbocycles.